The summed E-state index contributed by atoms with van der Waals surface area (Å²) in [7, 11) is -6.05. The summed E-state index contributed by atoms with van der Waals surface area (Å²) in [6.07, 6.45) is 0.516. The number of benzene rings is 2. The van der Waals surface area contributed by atoms with E-state index in [2.05, 4.69) is 9.44 Å². The Labute approximate surface area is 167 Å². The van der Waals surface area contributed by atoms with Crippen LogP contribution in [0.25, 0.3) is 0 Å². The number of anilines is 2. The zero-order valence-electron chi connectivity index (χ0n) is 16.4. The minimum Gasteiger partial charge on any atom is -0.495 e. The van der Waals surface area contributed by atoms with Crippen LogP contribution >= 0.6 is 0 Å². The summed E-state index contributed by atoms with van der Waals surface area (Å²) in [5.74, 6) is 0.600. The molecule has 2 aromatic rings. The maximum atomic E-state index is 12.8. The van der Waals surface area contributed by atoms with E-state index in [1.165, 1.54) is 19.2 Å². The second-order valence-corrected chi connectivity index (χ2v) is 10.4. The van der Waals surface area contributed by atoms with Gasteiger partial charge in [-0.05, 0) is 49.1 Å². The first-order valence-electron chi connectivity index (χ1n) is 8.81. The predicted octanol–water partition coefficient (Wildman–Crippen LogP) is 3.59. The van der Waals surface area contributed by atoms with E-state index in [1.807, 2.05) is 13.8 Å². The fourth-order valence-electron chi connectivity index (χ4n) is 2.42. The molecule has 154 valence electrons. The van der Waals surface area contributed by atoms with Gasteiger partial charge in [-0.2, -0.15) is 0 Å². The van der Waals surface area contributed by atoms with Crippen molar-refractivity contribution >= 4 is 31.4 Å². The molecule has 2 aromatic carbocycles. The Hall–Kier alpha value is -2.26. The first kappa shape index (κ1) is 22.0. The van der Waals surface area contributed by atoms with E-state index in [9.17, 15) is 16.8 Å². The molecule has 0 amide bonds. The van der Waals surface area contributed by atoms with Crippen molar-refractivity contribution in [3.05, 3.63) is 48.0 Å². The van der Waals surface area contributed by atoms with Gasteiger partial charge in [0.2, 0.25) is 10.0 Å². The summed E-state index contributed by atoms with van der Waals surface area (Å²) in [5, 5.41) is 0. The first-order valence-corrected chi connectivity index (χ1v) is 11.9. The molecule has 0 aromatic heterocycles. The van der Waals surface area contributed by atoms with Gasteiger partial charge in [-0.1, -0.05) is 32.0 Å². The highest BCUT2D eigenvalue weighted by Crippen LogP contribution is 2.28. The molecule has 2 rings (SSSR count). The molecular weight excluding hydrogens is 400 g/mol. The molecule has 0 fully saturated rings. The summed E-state index contributed by atoms with van der Waals surface area (Å²) in [5.41, 5.74) is 1.17. The maximum absolute atomic E-state index is 12.8. The summed E-state index contributed by atoms with van der Waals surface area (Å²) < 4.78 is 60.3. The molecule has 2 N–H and O–H groups in total. The number of methoxy groups -OCH3 is 1. The minimum atomic E-state index is -3.93. The van der Waals surface area contributed by atoms with Crippen LogP contribution in [-0.2, 0) is 20.0 Å². The molecule has 0 saturated carbocycles. The zero-order valence-corrected chi connectivity index (χ0v) is 18.0. The highest BCUT2D eigenvalue weighted by Gasteiger charge is 2.19. The van der Waals surface area contributed by atoms with Crippen LogP contribution in [0.2, 0.25) is 0 Å². The van der Waals surface area contributed by atoms with Crippen LogP contribution < -0.4 is 14.2 Å². The number of nitrogens with one attached hydrogen (secondary N) is 2. The summed E-state index contributed by atoms with van der Waals surface area (Å²) in [4.78, 5) is -0.0504. The monoisotopic (exact) mass is 426 g/mol. The molecule has 0 atom stereocenters. The first-order chi connectivity index (χ1) is 13.0. The quantitative estimate of drug-likeness (QED) is 0.638. The molecule has 0 aliphatic carbocycles. The molecule has 0 radical (unpaired) electrons. The van der Waals surface area contributed by atoms with Gasteiger partial charge in [0.15, 0.2) is 0 Å². The second-order valence-electron chi connectivity index (χ2n) is 6.89. The number of hydrogen-bond acceptors (Lipinski definition) is 5. The van der Waals surface area contributed by atoms with E-state index in [-0.39, 0.29) is 22.3 Å². The fraction of sp³-hybridized carbons (Fsp3) is 0.368. The Morgan fingerprint density at radius 2 is 1.64 bits per heavy atom. The third-order valence-electron chi connectivity index (χ3n) is 4.10. The SMILES string of the molecule is COc1ccccc1NS(=O)(=O)c1ccc(C)c(NS(=O)(=O)CCC(C)C)c1. The van der Waals surface area contributed by atoms with Gasteiger partial charge in [0, 0.05) is 0 Å². The Bertz CT molecular complexity index is 1030. The lowest BCUT2D eigenvalue weighted by molar-refractivity contribution is 0.417. The van der Waals surface area contributed by atoms with Crippen LogP contribution in [0.3, 0.4) is 0 Å². The van der Waals surface area contributed by atoms with E-state index < -0.39 is 20.0 Å². The van der Waals surface area contributed by atoms with Crippen LogP contribution in [-0.4, -0.2) is 29.7 Å². The smallest absolute Gasteiger partial charge is 0.262 e. The van der Waals surface area contributed by atoms with Gasteiger partial charge in [0.05, 0.1) is 29.1 Å². The Balaban J connectivity index is 2.30. The molecule has 0 spiro atoms. The molecule has 0 saturated heterocycles. The van der Waals surface area contributed by atoms with Crippen LogP contribution in [0, 0.1) is 12.8 Å². The lowest BCUT2D eigenvalue weighted by Crippen LogP contribution is -2.19. The lowest BCUT2D eigenvalue weighted by atomic mass is 10.2. The number of para-hydroxylation sites is 2. The average Bonchev–Trinajstić information content (AvgIpc) is 2.62. The van der Waals surface area contributed by atoms with E-state index in [1.54, 1.807) is 37.3 Å². The van der Waals surface area contributed by atoms with Crippen LogP contribution in [0.5, 0.6) is 5.75 Å². The molecular formula is C19H26N2O5S2. The molecule has 0 aliphatic rings. The molecule has 0 bridgehead atoms. The van der Waals surface area contributed by atoms with E-state index >= 15 is 0 Å². The van der Waals surface area contributed by atoms with Crippen molar-refractivity contribution in [3.63, 3.8) is 0 Å². The van der Waals surface area contributed by atoms with Crippen molar-refractivity contribution in [2.45, 2.75) is 32.1 Å². The number of hydrogen-bond donors (Lipinski definition) is 2. The number of ether oxygens (including phenoxy) is 1. The maximum Gasteiger partial charge on any atom is 0.262 e. The fourth-order valence-corrected chi connectivity index (χ4v) is 4.96. The van der Waals surface area contributed by atoms with Crippen molar-refractivity contribution in [2.24, 2.45) is 5.92 Å². The zero-order chi connectivity index (χ0) is 20.9. The Morgan fingerprint density at radius 1 is 0.964 bits per heavy atom. The van der Waals surface area contributed by atoms with Gasteiger partial charge < -0.3 is 4.74 Å². The van der Waals surface area contributed by atoms with Crippen molar-refractivity contribution in [3.8, 4) is 5.75 Å². The van der Waals surface area contributed by atoms with E-state index in [0.717, 1.165) is 0 Å². The second kappa shape index (κ2) is 8.83. The van der Waals surface area contributed by atoms with E-state index in [4.69, 9.17) is 4.74 Å². The van der Waals surface area contributed by atoms with Gasteiger partial charge in [0.1, 0.15) is 5.75 Å². The van der Waals surface area contributed by atoms with Crippen molar-refractivity contribution in [2.75, 3.05) is 22.3 Å². The summed E-state index contributed by atoms with van der Waals surface area (Å²) in [6, 6.07) is 11.0. The molecule has 28 heavy (non-hydrogen) atoms. The third-order valence-corrected chi connectivity index (χ3v) is 6.77. The highest BCUT2D eigenvalue weighted by molar-refractivity contribution is 7.93. The largest absolute Gasteiger partial charge is 0.495 e. The van der Waals surface area contributed by atoms with Crippen molar-refractivity contribution in [1.29, 1.82) is 0 Å². The molecule has 0 heterocycles. The van der Waals surface area contributed by atoms with Crippen LogP contribution in [0.1, 0.15) is 25.8 Å². The van der Waals surface area contributed by atoms with Gasteiger partial charge in [-0.25, -0.2) is 16.8 Å². The number of sulfonamides is 2. The van der Waals surface area contributed by atoms with E-state index in [0.29, 0.717) is 23.4 Å². The highest BCUT2D eigenvalue weighted by atomic mass is 32.2. The summed E-state index contributed by atoms with van der Waals surface area (Å²) >= 11 is 0. The Morgan fingerprint density at radius 3 is 2.29 bits per heavy atom. The van der Waals surface area contributed by atoms with Crippen molar-refractivity contribution in [1.82, 2.24) is 0 Å². The van der Waals surface area contributed by atoms with Crippen LogP contribution in [0.15, 0.2) is 47.4 Å². The van der Waals surface area contributed by atoms with Crippen molar-refractivity contribution < 1.29 is 21.6 Å². The van der Waals surface area contributed by atoms with Gasteiger partial charge in [-0.3, -0.25) is 9.44 Å². The molecule has 7 nitrogen and oxygen atoms in total. The molecule has 0 aliphatic heterocycles. The standard InChI is InChI=1S/C19H26N2O5S2/c1-14(2)11-12-27(22,23)20-18-13-16(10-9-15(18)3)28(24,25)21-17-7-5-6-8-19(17)26-4/h5-10,13-14,20-21H,11-12H2,1-4H3. The Kier molecular flexibility index (Phi) is 6.95. The van der Waals surface area contributed by atoms with Gasteiger partial charge in [-0.15, -0.1) is 0 Å². The minimum absolute atomic E-state index is 0.0272. The summed E-state index contributed by atoms with van der Waals surface area (Å²) in [6.45, 7) is 5.60. The topological polar surface area (TPSA) is 102 Å². The third kappa shape index (κ3) is 5.87. The molecule has 9 heteroatoms. The van der Waals surface area contributed by atoms with Gasteiger partial charge in [0.25, 0.3) is 10.0 Å². The van der Waals surface area contributed by atoms with Crippen LogP contribution in [0.4, 0.5) is 11.4 Å². The lowest BCUT2D eigenvalue weighted by Gasteiger charge is -2.15. The number of rotatable bonds is 9. The predicted molar refractivity (Wildman–Crippen MR) is 112 cm³/mol. The molecule has 0 unspecified atom stereocenters. The normalized spacial score (nSPS) is 12.0. The number of aryl methyl sites for hydroxylation is 1. The average molecular weight is 427 g/mol. The van der Waals surface area contributed by atoms with Gasteiger partial charge >= 0.3 is 0 Å².